The number of methoxy groups -OCH3 is 2. The van der Waals surface area contributed by atoms with Gasteiger partial charge in [0.25, 0.3) is 5.91 Å². The molecule has 2 saturated heterocycles. The number of halogens is 1. The SMILES string of the molecule is COc1ccc(C(=O)N2CCN(C(=O)C3(CN)CCOCC3)CC2)c(OC)c1.Cl. The molecule has 3 rings (SSSR count). The molecule has 2 fully saturated rings. The second-order valence-corrected chi connectivity index (χ2v) is 7.25. The molecule has 0 bridgehead atoms. The molecule has 0 radical (unpaired) electrons. The average Bonchev–Trinajstić information content (AvgIpc) is 2.78. The van der Waals surface area contributed by atoms with Gasteiger partial charge in [0.1, 0.15) is 11.5 Å². The highest BCUT2D eigenvalue weighted by Gasteiger charge is 2.42. The van der Waals surface area contributed by atoms with Crippen LogP contribution in [0.5, 0.6) is 11.5 Å². The van der Waals surface area contributed by atoms with E-state index in [0.717, 1.165) is 0 Å². The van der Waals surface area contributed by atoms with Gasteiger partial charge in [-0.15, -0.1) is 12.4 Å². The summed E-state index contributed by atoms with van der Waals surface area (Å²) in [6.07, 6.45) is 1.31. The lowest BCUT2D eigenvalue weighted by atomic mass is 9.78. The van der Waals surface area contributed by atoms with E-state index in [-0.39, 0.29) is 24.2 Å². The van der Waals surface area contributed by atoms with E-state index in [9.17, 15) is 9.59 Å². The molecule has 2 N–H and O–H groups in total. The second-order valence-electron chi connectivity index (χ2n) is 7.25. The molecule has 2 heterocycles. The first-order valence-electron chi connectivity index (χ1n) is 9.63. The smallest absolute Gasteiger partial charge is 0.257 e. The van der Waals surface area contributed by atoms with Crippen LogP contribution >= 0.6 is 12.4 Å². The molecular weight excluding hydrogens is 398 g/mol. The highest BCUT2D eigenvalue weighted by Crippen LogP contribution is 2.32. The van der Waals surface area contributed by atoms with Gasteiger partial charge in [0, 0.05) is 52.0 Å². The number of amides is 2. The summed E-state index contributed by atoms with van der Waals surface area (Å²) in [5, 5.41) is 0. The van der Waals surface area contributed by atoms with Crippen LogP contribution in [0.25, 0.3) is 0 Å². The highest BCUT2D eigenvalue weighted by atomic mass is 35.5. The van der Waals surface area contributed by atoms with Crippen LogP contribution in [0.2, 0.25) is 0 Å². The standard InChI is InChI=1S/C20H29N3O5.ClH/c1-26-15-3-4-16(17(13-15)27-2)18(24)22-7-9-23(10-8-22)19(25)20(14-21)5-11-28-12-6-20;/h3-4,13H,5-12,14,21H2,1-2H3;1H. The van der Waals surface area contributed by atoms with Crippen molar-refractivity contribution in [2.75, 3.05) is 60.2 Å². The summed E-state index contributed by atoms with van der Waals surface area (Å²) >= 11 is 0. The van der Waals surface area contributed by atoms with E-state index in [1.165, 1.54) is 7.11 Å². The van der Waals surface area contributed by atoms with Crippen molar-refractivity contribution in [1.29, 1.82) is 0 Å². The maximum Gasteiger partial charge on any atom is 0.257 e. The zero-order valence-electron chi connectivity index (χ0n) is 17.0. The first kappa shape index (κ1) is 23.3. The van der Waals surface area contributed by atoms with Gasteiger partial charge in [-0.1, -0.05) is 0 Å². The van der Waals surface area contributed by atoms with Gasteiger partial charge < -0.3 is 29.7 Å². The molecule has 2 amide bonds. The molecule has 0 unspecified atom stereocenters. The highest BCUT2D eigenvalue weighted by molar-refractivity contribution is 5.97. The Morgan fingerprint density at radius 2 is 1.69 bits per heavy atom. The lowest BCUT2D eigenvalue weighted by molar-refractivity contribution is -0.148. The fourth-order valence-corrected chi connectivity index (χ4v) is 3.86. The number of carbonyl (C=O) groups excluding carboxylic acids is 2. The predicted octanol–water partition coefficient (Wildman–Crippen LogP) is 1.17. The quantitative estimate of drug-likeness (QED) is 0.757. The summed E-state index contributed by atoms with van der Waals surface area (Å²) in [5.74, 6) is 1.10. The summed E-state index contributed by atoms with van der Waals surface area (Å²) in [6.45, 7) is 3.44. The number of hydrogen-bond donors (Lipinski definition) is 1. The van der Waals surface area contributed by atoms with Gasteiger partial charge >= 0.3 is 0 Å². The van der Waals surface area contributed by atoms with Gasteiger partial charge in [0.2, 0.25) is 5.91 Å². The maximum absolute atomic E-state index is 13.1. The van der Waals surface area contributed by atoms with E-state index in [1.807, 2.05) is 4.90 Å². The Balaban J connectivity index is 0.00000300. The zero-order valence-corrected chi connectivity index (χ0v) is 17.8. The molecule has 1 aromatic carbocycles. The van der Waals surface area contributed by atoms with Crippen molar-refractivity contribution in [2.45, 2.75) is 12.8 Å². The molecule has 162 valence electrons. The van der Waals surface area contributed by atoms with Crippen LogP contribution in [0, 0.1) is 5.41 Å². The molecule has 0 saturated carbocycles. The second kappa shape index (κ2) is 10.1. The number of ether oxygens (including phenoxy) is 3. The van der Waals surface area contributed by atoms with Crippen molar-refractivity contribution in [2.24, 2.45) is 11.1 Å². The number of rotatable bonds is 5. The molecular formula is C20H30ClN3O5. The largest absolute Gasteiger partial charge is 0.497 e. The predicted molar refractivity (Wildman–Crippen MR) is 111 cm³/mol. The number of benzene rings is 1. The van der Waals surface area contributed by atoms with Crippen molar-refractivity contribution in [3.63, 3.8) is 0 Å². The van der Waals surface area contributed by atoms with Crippen molar-refractivity contribution in [1.82, 2.24) is 9.80 Å². The summed E-state index contributed by atoms with van der Waals surface area (Å²) < 4.78 is 15.9. The van der Waals surface area contributed by atoms with E-state index in [4.69, 9.17) is 19.9 Å². The summed E-state index contributed by atoms with van der Waals surface area (Å²) in [6, 6.07) is 5.15. The number of nitrogens with two attached hydrogens (primary N) is 1. The van der Waals surface area contributed by atoms with Gasteiger partial charge in [-0.2, -0.15) is 0 Å². The van der Waals surface area contributed by atoms with Crippen LogP contribution < -0.4 is 15.2 Å². The molecule has 29 heavy (non-hydrogen) atoms. The molecule has 9 heteroatoms. The van der Waals surface area contributed by atoms with Crippen LogP contribution in [0.4, 0.5) is 0 Å². The monoisotopic (exact) mass is 427 g/mol. The third-order valence-corrected chi connectivity index (χ3v) is 5.79. The molecule has 8 nitrogen and oxygen atoms in total. The summed E-state index contributed by atoms with van der Waals surface area (Å²) in [7, 11) is 3.10. The Kier molecular flexibility index (Phi) is 8.13. The Morgan fingerprint density at radius 1 is 1.07 bits per heavy atom. The fourth-order valence-electron chi connectivity index (χ4n) is 3.86. The average molecular weight is 428 g/mol. The molecule has 0 spiro atoms. The first-order chi connectivity index (χ1) is 13.5. The fraction of sp³-hybridized carbons (Fsp3) is 0.600. The Bertz CT molecular complexity index is 716. The number of hydrogen-bond acceptors (Lipinski definition) is 6. The minimum Gasteiger partial charge on any atom is -0.497 e. The first-order valence-corrected chi connectivity index (χ1v) is 9.63. The normalized spacial score (nSPS) is 18.6. The summed E-state index contributed by atoms with van der Waals surface area (Å²) in [5.41, 5.74) is 5.93. The van der Waals surface area contributed by atoms with Crippen molar-refractivity contribution >= 4 is 24.2 Å². The minimum absolute atomic E-state index is 0. The summed E-state index contributed by atoms with van der Waals surface area (Å²) in [4.78, 5) is 29.6. The number of nitrogens with zero attached hydrogens (tertiary/aromatic N) is 2. The maximum atomic E-state index is 13.1. The molecule has 0 atom stereocenters. The Hall–Kier alpha value is -2.03. The van der Waals surface area contributed by atoms with Gasteiger partial charge in [-0.3, -0.25) is 9.59 Å². The number of piperazine rings is 1. The molecule has 0 aliphatic carbocycles. The third-order valence-electron chi connectivity index (χ3n) is 5.79. The van der Waals surface area contributed by atoms with Crippen LogP contribution in [-0.4, -0.2) is 81.8 Å². The topological polar surface area (TPSA) is 94.3 Å². The minimum atomic E-state index is -0.524. The van der Waals surface area contributed by atoms with Crippen LogP contribution in [0.1, 0.15) is 23.2 Å². The van der Waals surface area contributed by atoms with E-state index in [1.54, 1.807) is 30.2 Å². The number of carbonyl (C=O) groups is 2. The molecule has 2 aliphatic rings. The van der Waals surface area contributed by atoms with E-state index in [2.05, 4.69) is 0 Å². The Labute approximate surface area is 177 Å². The Morgan fingerprint density at radius 3 is 2.24 bits per heavy atom. The third kappa shape index (κ3) is 4.76. The van der Waals surface area contributed by atoms with Crippen molar-refractivity contribution in [3.8, 4) is 11.5 Å². The van der Waals surface area contributed by atoms with Crippen LogP contribution in [-0.2, 0) is 9.53 Å². The van der Waals surface area contributed by atoms with Crippen molar-refractivity contribution < 1.29 is 23.8 Å². The zero-order chi connectivity index (χ0) is 20.1. The lowest BCUT2D eigenvalue weighted by Gasteiger charge is -2.42. The van der Waals surface area contributed by atoms with Crippen molar-refractivity contribution in [3.05, 3.63) is 23.8 Å². The molecule has 1 aromatic rings. The van der Waals surface area contributed by atoms with E-state index < -0.39 is 5.41 Å². The molecule has 2 aliphatic heterocycles. The van der Waals surface area contributed by atoms with Gasteiger partial charge in [-0.05, 0) is 25.0 Å². The van der Waals surface area contributed by atoms with Crippen LogP contribution in [0.3, 0.4) is 0 Å². The van der Waals surface area contributed by atoms with Crippen LogP contribution in [0.15, 0.2) is 18.2 Å². The van der Waals surface area contributed by atoms with Gasteiger partial charge in [0.05, 0.1) is 25.2 Å². The van der Waals surface area contributed by atoms with Gasteiger partial charge in [-0.25, -0.2) is 0 Å². The van der Waals surface area contributed by atoms with Gasteiger partial charge in [0.15, 0.2) is 0 Å². The van der Waals surface area contributed by atoms with E-state index >= 15 is 0 Å². The lowest BCUT2D eigenvalue weighted by Crippen LogP contribution is -2.57. The van der Waals surface area contributed by atoms with E-state index in [0.29, 0.717) is 75.8 Å². The molecule has 0 aromatic heterocycles.